The Morgan fingerprint density at radius 3 is 2.48 bits per heavy atom. The number of nitriles is 1. The molecule has 0 saturated carbocycles. The molecule has 0 bridgehead atoms. The van der Waals surface area contributed by atoms with Crippen molar-refractivity contribution in [1.29, 1.82) is 5.26 Å². The Morgan fingerprint density at radius 2 is 1.78 bits per heavy atom. The lowest BCUT2D eigenvalue weighted by Gasteiger charge is -2.13. The first-order valence-corrected chi connectivity index (χ1v) is 9.19. The van der Waals surface area contributed by atoms with E-state index in [0.29, 0.717) is 19.4 Å². The van der Waals surface area contributed by atoms with Gasteiger partial charge in [0.25, 0.3) is 0 Å². The minimum absolute atomic E-state index is 0.0908. The van der Waals surface area contributed by atoms with Gasteiger partial charge in [0, 0.05) is 17.1 Å². The van der Waals surface area contributed by atoms with Crippen LogP contribution < -0.4 is 4.74 Å². The normalized spacial score (nSPS) is 11.4. The third-order valence-electron chi connectivity index (χ3n) is 4.46. The summed E-state index contributed by atoms with van der Waals surface area (Å²) in [6.07, 6.45) is 3.41. The summed E-state index contributed by atoms with van der Waals surface area (Å²) in [4.78, 5) is 10.7. The van der Waals surface area contributed by atoms with Crippen LogP contribution in [0.15, 0.2) is 66.7 Å². The van der Waals surface area contributed by atoms with Crippen LogP contribution in [0.2, 0.25) is 0 Å². The zero-order valence-electron chi connectivity index (χ0n) is 15.4. The number of nitrogens with zero attached hydrogens (tertiary/aromatic N) is 1. The molecule has 2 aromatic rings. The summed E-state index contributed by atoms with van der Waals surface area (Å²) in [5, 5.41) is 18.1. The zero-order valence-corrected chi connectivity index (χ0v) is 15.4. The Morgan fingerprint density at radius 1 is 1.07 bits per heavy atom. The van der Waals surface area contributed by atoms with Crippen molar-refractivity contribution in [3.05, 3.63) is 66.7 Å². The third kappa shape index (κ3) is 6.63. The number of para-hydroxylation sites is 1. The van der Waals surface area contributed by atoms with Gasteiger partial charge in [-0.1, -0.05) is 61.5 Å². The molecule has 140 valence electrons. The zero-order chi connectivity index (χ0) is 19.5. The fourth-order valence-corrected chi connectivity index (χ4v) is 2.87. The smallest absolute Gasteiger partial charge is 0.330 e. The second kappa shape index (κ2) is 10.8. The molecule has 1 N–H and O–H groups in total. The Labute approximate surface area is 160 Å². The van der Waals surface area contributed by atoms with Crippen molar-refractivity contribution in [2.24, 2.45) is 5.92 Å². The van der Waals surface area contributed by atoms with Crippen molar-refractivity contribution in [3.8, 4) is 22.9 Å². The maximum atomic E-state index is 10.7. The van der Waals surface area contributed by atoms with Crippen molar-refractivity contribution in [2.45, 2.75) is 32.1 Å². The van der Waals surface area contributed by atoms with E-state index < -0.39 is 5.97 Å². The van der Waals surface area contributed by atoms with Crippen molar-refractivity contribution >= 4 is 5.97 Å². The molecule has 0 spiro atoms. The lowest BCUT2D eigenvalue weighted by Crippen LogP contribution is -2.06. The van der Waals surface area contributed by atoms with Gasteiger partial charge in [-0.25, -0.2) is 4.79 Å². The van der Waals surface area contributed by atoms with E-state index in [4.69, 9.17) is 9.84 Å². The first-order valence-electron chi connectivity index (χ1n) is 9.19. The summed E-state index contributed by atoms with van der Waals surface area (Å²) in [6.45, 7) is 4.00. The maximum Gasteiger partial charge on any atom is 0.330 e. The molecule has 2 aromatic carbocycles. The van der Waals surface area contributed by atoms with Crippen LogP contribution in [0.4, 0.5) is 0 Å². The van der Waals surface area contributed by atoms with Gasteiger partial charge in [-0.15, -0.1) is 0 Å². The average Bonchev–Trinajstić information content (AvgIpc) is 2.70. The molecule has 0 aliphatic rings. The molecule has 0 saturated heterocycles. The van der Waals surface area contributed by atoms with Crippen LogP contribution in [0.1, 0.15) is 32.1 Å². The Kier molecular flexibility index (Phi) is 8.12. The summed E-state index contributed by atoms with van der Waals surface area (Å²) in [7, 11) is 0. The molecular formula is C23H25NO3. The molecule has 0 aliphatic heterocycles. The van der Waals surface area contributed by atoms with E-state index >= 15 is 0 Å². The lowest BCUT2D eigenvalue weighted by molar-refractivity contribution is -0.132. The topological polar surface area (TPSA) is 70.3 Å². The average molecular weight is 363 g/mol. The SMILES string of the molecule is C=C(CCCCC(C#N)CCOc1ccccc1-c1ccccc1)C(=O)O. The molecule has 2 rings (SSSR count). The van der Waals surface area contributed by atoms with Gasteiger partial charge in [0.2, 0.25) is 0 Å². The molecule has 0 fully saturated rings. The van der Waals surface area contributed by atoms with Crippen LogP contribution in [-0.2, 0) is 4.79 Å². The van der Waals surface area contributed by atoms with E-state index in [0.717, 1.165) is 36.1 Å². The van der Waals surface area contributed by atoms with E-state index in [1.807, 2.05) is 54.6 Å². The number of unbranched alkanes of at least 4 members (excludes halogenated alkanes) is 1. The van der Waals surface area contributed by atoms with Crippen LogP contribution in [0.5, 0.6) is 5.75 Å². The van der Waals surface area contributed by atoms with Crippen LogP contribution in [0.3, 0.4) is 0 Å². The molecule has 0 aromatic heterocycles. The molecule has 4 nitrogen and oxygen atoms in total. The number of hydrogen-bond donors (Lipinski definition) is 1. The van der Waals surface area contributed by atoms with Crippen LogP contribution in [-0.4, -0.2) is 17.7 Å². The molecule has 1 atom stereocenters. The number of carboxylic acid groups (broad SMARTS) is 1. The van der Waals surface area contributed by atoms with E-state index in [-0.39, 0.29) is 11.5 Å². The molecule has 4 heteroatoms. The summed E-state index contributed by atoms with van der Waals surface area (Å²) >= 11 is 0. The molecular weight excluding hydrogens is 338 g/mol. The van der Waals surface area contributed by atoms with Gasteiger partial charge < -0.3 is 9.84 Å². The Balaban J connectivity index is 1.81. The van der Waals surface area contributed by atoms with Gasteiger partial charge in [-0.2, -0.15) is 5.26 Å². The molecule has 1 unspecified atom stereocenters. The first-order chi connectivity index (χ1) is 13.1. The van der Waals surface area contributed by atoms with Gasteiger partial charge in [0.05, 0.1) is 12.7 Å². The predicted octanol–water partition coefficient (Wildman–Crippen LogP) is 5.46. The van der Waals surface area contributed by atoms with Gasteiger partial charge in [-0.3, -0.25) is 0 Å². The molecule has 0 aliphatic carbocycles. The Bertz CT molecular complexity index is 793. The highest BCUT2D eigenvalue weighted by Crippen LogP contribution is 2.29. The lowest BCUT2D eigenvalue weighted by atomic mass is 9.98. The molecule has 0 radical (unpaired) electrons. The second-order valence-electron chi connectivity index (χ2n) is 6.48. The second-order valence-corrected chi connectivity index (χ2v) is 6.48. The van der Waals surface area contributed by atoms with Gasteiger partial charge in [-0.05, 0) is 37.3 Å². The van der Waals surface area contributed by atoms with Crippen LogP contribution >= 0.6 is 0 Å². The largest absolute Gasteiger partial charge is 0.493 e. The first kappa shape index (κ1) is 20.3. The number of rotatable bonds is 11. The minimum Gasteiger partial charge on any atom is -0.493 e. The van der Waals surface area contributed by atoms with Crippen LogP contribution in [0.25, 0.3) is 11.1 Å². The monoisotopic (exact) mass is 363 g/mol. The van der Waals surface area contributed by atoms with E-state index in [2.05, 4.69) is 12.6 Å². The van der Waals surface area contributed by atoms with Crippen molar-refractivity contribution in [1.82, 2.24) is 0 Å². The molecule has 0 amide bonds. The number of benzene rings is 2. The van der Waals surface area contributed by atoms with Crippen molar-refractivity contribution in [2.75, 3.05) is 6.61 Å². The fraction of sp³-hybridized carbons (Fsp3) is 0.304. The number of hydrogen-bond acceptors (Lipinski definition) is 3. The van der Waals surface area contributed by atoms with E-state index in [1.165, 1.54) is 0 Å². The molecule has 27 heavy (non-hydrogen) atoms. The van der Waals surface area contributed by atoms with Gasteiger partial charge in [0.15, 0.2) is 0 Å². The Hall–Kier alpha value is -3.06. The van der Waals surface area contributed by atoms with E-state index in [9.17, 15) is 10.1 Å². The summed E-state index contributed by atoms with van der Waals surface area (Å²) < 4.78 is 5.96. The highest BCUT2D eigenvalue weighted by Gasteiger charge is 2.10. The number of carbonyl (C=O) groups is 1. The fourth-order valence-electron chi connectivity index (χ4n) is 2.87. The number of ether oxygens (including phenoxy) is 1. The summed E-state index contributed by atoms with van der Waals surface area (Å²) in [5.74, 6) is -0.220. The number of carboxylic acids is 1. The highest BCUT2D eigenvalue weighted by atomic mass is 16.5. The predicted molar refractivity (Wildman–Crippen MR) is 106 cm³/mol. The van der Waals surface area contributed by atoms with Crippen molar-refractivity contribution in [3.63, 3.8) is 0 Å². The standard InChI is InChI=1S/C23H25NO3/c1-18(23(25)26)9-5-6-10-19(17-24)15-16-27-22-14-8-7-13-21(22)20-11-3-2-4-12-20/h2-4,7-8,11-14,19H,1,5-6,9-10,15-16H2,(H,25,26). The van der Waals surface area contributed by atoms with E-state index in [1.54, 1.807) is 0 Å². The van der Waals surface area contributed by atoms with Gasteiger partial charge >= 0.3 is 5.97 Å². The number of aliphatic carboxylic acids is 1. The summed E-state index contributed by atoms with van der Waals surface area (Å²) in [5.41, 5.74) is 2.37. The minimum atomic E-state index is -0.947. The highest BCUT2D eigenvalue weighted by molar-refractivity contribution is 5.85. The molecule has 0 heterocycles. The summed E-state index contributed by atoms with van der Waals surface area (Å²) in [6, 6.07) is 20.3. The van der Waals surface area contributed by atoms with Crippen LogP contribution in [0, 0.1) is 17.2 Å². The maximum absolute atomic E-state index is 10.7. The third-order valence-corrected chi connectivity index (χ3v) is 4.46. The quantitative estimate of drug-likeness (QED) is 0.425. The van der Waals surface area contributed by atoms with Crippen molar-refractivity contribution < 1.29 is 14.6 Å². The van der Waals surface area contributed by atoms with Gasteiger partial charge in [0.1, 0.15) is 5.75 Å².